The zero-order chi connectivity index (χ0) is 17.2. The third-order valence-electron chi connectivity index (χ3n) is 4.99. The number of aryl methyl sites for hydroxylation is 1. The Kier molecular flexibility index (Phi) is 4.26. The lowest BCUT2D eigenvalue weighted by molar-refractivity contribution is -0.117. The molecule has 128 valence electrons. The Hall–Kier alpha value is -2.62. The van der Waals surface area contributed by atoms with Crippen LogP contribution in [-0.4, -0.2) is 22.4 Å². The molecule has 2 aromatic carbocycles. The predicted molar refractivity (Wildman–Crippen MR) is 101 cm³/mol. The van der Waals surface area contributed by atoms with Crippen molar-refractivity contribution in [2.24, 2.45) is 0 Å². The van der Waals surface area contributed by atoms with Crippen LogP contribution in [0.15, 0.2) is 48.5 Å². The van der Waals surface area contributed by atoms with Gasteiger partial charge in [0.1, 0.15) is 5.82 Å². The number of imidazole rings is 1. The summed E-state index contributed by atoms with van der Waals surface area (Å²) in [5.74, 6) is 1.21. The van der Waals surface area contributed by atoms with Gasteiger partial charge in [-0.3, -0.25) is 4.79 Å². The molecule has 1 N–H and O–H groups in total. The number of rotatable bonds is 5. The van der Waals surface area contributed by atoms with Crippen molar-refractivity contribution in [1.82, 2.24) is 9.97 Å². The van der Waals surface area contributed by atoms with E-state index in [0.717, 1.165) is 29.0 Å². The van der Waals surface area contributed by atoms with Crippen molar-refractivity contribution in [2.75, 3.05) is 11.4 Å². The Morgan fingerprint density at radius 1 is 1.16 bits per heavy atom. The number of carbonyl (C=O) groups is 1. The number of hydrogen-bond acceptors (Lipinski definition) is 2. The number of anilines is 1. The quantitative estimate of drug-likeness (QED) is 0.751. The SMILES string of the molecule is CCCCc1ccc(N2C[C@H](c3nc4ccccc4[nH]3)CC2=O)cc1. The van der Waals surface area contributed by atoms with E-state index in [0.29, 0.717) is 13.0 Å². The molecule has 0 radical (unpaired) electrons. The Morgan fingerprint density at radius 3 is 2.72 bits per heavy atom. The number of carbonyl (C=O) groups excluding carboxylic acids is 1. The molecule has 25 heavy (non-hydrogen) atoms. The molecule has 3 aromatic rings. The lowest BCUT2D eigenvalue weighted by Gasteiger charge is -2.17. The van der Waals surface area contributed by atoms with E-state index in [9.17, 15) is 4.79 Å². The van der Waals surface area contributed by atoms with Crippen LogP contribution in [0.2, 0.25) is 0 Å². The molecule has 4 nitrogen and oxygen atoms in total. The highest BCUT2D eigenvalue weighted by molar-refractivity contribution is 5.96. The molecule has 1 fully saturated rings. The lowest BCUT2D eigenvalue weighted by Crippen LogP contribution is -2.24. The fourth-order valence-electron chi connectivity index (χ4n) is 3.53. The maximum Gasteiger partial charge on any atom is 0.227 e. The number of amides is 1. The van der Waals surface area contributed by atoms with Crippen LogP contribution in [0.25, 0.3) is 11.0 Å². The van der Waals surface area contributed by atoms with Crippen molar-refractivity contribution in [3.63, 3.8) is 0 Å². The van der Waals surface area contributed by atoms with Crippen LogP contribution in [0, 0.1) is 0 Å². The maximum absolute atomic E-state index is 12.5. The fourth-order valence-corrected chi connectivity index (χ4v) is 3.53. The Balaban J connectivity index is 1.51. The third kappa shape index (κ3) is 3.16. The average molecular weight is 333 g/mol. The number of para-hydroxylation sites is 2. The summed E-state index contributed by atoms with van der Waals surface area (Å²) in [4.78, 5) is 22.4. The van der Waals surface area contributed by atoms with Crippen LogP contribution in [0.5, 0.6) is 0 Å². The summed E-state index contributed by atoms with van der Waals surface area (Å²) in [6.07, 6.45) is 4.02. The van der Waals surface area contributed by atoms with Gasteiger partial charge in [0.05, 0.1) is 11.0 Å². The van der Waals surface area contributed by atoms with Crippen molar-refractivity contribution in [3.8, 4) is 0 Å². The molecule has 1 aliphatic heterocycles. The topological polar surface area (TPSA) is 49.0 Å². The number of aromatic amines is 1. The van der Waals surface area contributed by atoms with E-state index in [1.54, 1.807) is 0 Å². The summed E-state index contributed by atoms with van der Waals surface area (Å²) in [6, 6.07) is 16.4. The van der Waals surface area contributed by atoms with Crippen molar-refractivity contribution >= 4 is 22.6 Å². The van der Waals surface area contributed by atoms with Gasteiger partial charge in [-0.1, -0.05) is 37.6 Å². The van der Waals surface area contributed by atoms with Gasteiger partial charge < -0.3 is 9.88 Å². The Bertz CT molecular complexity index is 849. The average Bonchev–Trinajstić information content (AvgIpc) is 3.24. The van der Waals surface area contributed by atoms with Crippen LogP contribution < -0.4 is 4.90 Å². The Labute approximate surface area is 147 Å². The highest BCUT2D eigenvalue weighted by Gasteiger charge is 2.33. The predicted octanol–water partition coefficient (Wildman–Crippen LogP) is 4.43. The number of benzene rings is 2. The number of unbranched alkanes of at least 4 members (excludes halogenated alkanes) is 1. The number of nitrogens with zero attached hydrogens (tertiary/aromatic N) is 2. The summed E-state index contributed by atoms with van der Waals surface area (Å²) < 4.78 is 0. The van der Waals surface area contributed by atoms with Crippen LogP contribution in [0.4, 0.5) is 5.69 Å². The number of fused-ring (bicyclic) bond motifs is 1. The first-order valence-electron chi connectivity index (χ1n) is 9.08. The van der Waals surface area contributed by atoms with Gasteiger partial charge in [0.2, 0.25) is 5.91 Å². The Morgan fingerprint density at radius 2 is 1.96 bits per heavy atom. The van der Waals surface area contributed by atoms with E-state index in [2.05, 4.69) is 41.2 Å². The second kappa shape index (κ2) is 6.71. The highest BCUT2D eigenvalue weighted by Crippen LogP contribution is 2.31. The first kappa shape index (κ1) is 15.9. The minimum absolute atomic E-state index is 0.125. The van der Waals surface area contributed by atoms with E-state index in [1.165, 1.54) is 18.4 Å². The van der Waals surface area contributed by atoms with Gasteiger partial charge >= 0.3 is 0 Å². The highest BCUT2D eigenvalue weighted by atomic mass is 16.2. The number of hydrogen-bond donors (Lipinski definition) is 1. The molecular formula is C21H23N3O. The number of nitrogens with one attached hydrogen (secondary N) is 1. The molecule has 0 unspecified atom stereocenters. The monoisotopic (exact) mass is 333 g/mol. The van der Waals surface area contributed by atoms with Crippen LogP contribution in [0.3, 0.4) is 0 Å². The largest absolute Gasteiger partial charge is 0.342 e. The van der Waals surface area contributed by atoms with Crippen molar-refractivity contribution in [1.29, 1.82) is 0 Å². The molecule has 1 saturated heterocycles. The van der Waals surface area contributed by atoms with Gasteiger partial charge in [0, 0.05) is 24.6 Å². The van der Waals surface area contributed by atoms with Gasteiger partial charge in [0.15, 0.2) is 0 Å². The smallest absolute Gasteiger partial charge is 0.227 e. The number of H-pyrrole nitrogens is 1. The lowest BCUT2D eigenvalue weighted by atomic mass is 10.1. The standard InChI is InChI=1S/C21H23N3O/c1-2-3-6-15-9-11-17(12-10-15)24-14-16(13-20(24)25)21-22-18-7-4-5-8-19(18)23-21/h4-5,7-12,16H,2-3,6,13-14H2,1H3,(H,22,23)/t16-/m1/s1. The molecule has 1 aliphatic rings. The first-order chi connectivity index (χ1) is 12.2. The molecule has 4 heteroatoms. The van der Waals surface area contributed by atoms with Gasteiger partial charge in [-0.2, -0.15) is 0 Å². The minimum Gasteiger partial charge on any atom is -0.342 e. The first-order valence-corrected chi connectivity index (χ1v) is 9.08. The van der Waals surface area contributed by atoms with E-state index in [1.807, 2.05) is 29.2 Å². The van der Waals surface area contributed by atoms with Gasteiger partial charge in [-0.15, -0.1) is 0 Å². The van der Waals surface area contributed by atoms with Crippen LogP contribution in [0.1, 0.15) is 43.5 Å². The molecule has 4 rings (SSSR count). The maximum atomic E-state index is 12.5. The minimum atomic E-state index is 0.125. The summed E-state index contributed by atoms with van der Waals surface area (Å²) in [5, 5.41) is 0. The van der Waals surface area contributed by atoms with E-state index < -0.39 is 0 Å². The summed E-state index contributed by atoms with van der Waals surface area (Å²) in [6.45, 7) is 2.89. The zero-order valence-corrected chi connectivity index (χ0v) is 14.5. The van der Waals surface area contributed by atoms with Crippen molar-refractivity contribution in [3.05, 3.63) is 59.9 Å². The normalized spacial score (nSPS) is 17.6. The second-order valence-corrected chi connectivity index (χ2v) is 6.81. The van der Waals surface area contributed by atoms with Gasteiger partial charge in [0.25, 0.3) is 0 Å². The van der Waals surface area contributed by atoms with Gasteiger partial charge in [-0.05, 0) is 42.7 Å². The van der Waals surface area contributed by atoms with E-state index in [-0.39, 0.29) is 11.8 Å². The molecule has 1 aromatic heterocycles. The summed E-state index contributed by atoms with van der Waals surface area (Å²) in [5.41, 5.74) is 4.32. The molecule has 0 aliphatic carbocycles. The van der Waals surface area contributed by atoms with E-state index in [4.69, 9.17) is 0 Å². The molecule has 0 bridgehead atoms. The molecule has 1 amide bonds. The molecular weight excluding hydrogens is 310 g/mol. The van der Waals surface area contributed by atoms with Crippen LogP contribution in [-0.2, 0) is 11.2 Å². The van der Waals surface area contributed by atoms with Crippen molar-refractivity contribution < 1.29 is 4.79 Å². The molecule has 1 atom stereocenters. The summed E-state index contributed by atoms with van der Waals surface area (Å²) >= 11 is 0. The van der Waals surface area contributed by atoms with E-state index >= 15 is 0 Å². The summed E-state index contributed by atoms with van der Waals surface area (Å²) in [7, 11) is 0. The molecule has 0 saturated carbocycles. The second-order valence-electron chi connectivity index (χ2n) is 6.81. The molecule has 2 heterocycles. The number of aromatic nitrogens is 2. The van der Waals surface area contributed by atoms with Crippen LogP contribution >= 0.6 is 0 Å². The van der Waals surface area contributed by atoms with Crippen molar-refractivity contribution in [2.45, 2.75) is 38.5 Å². The third-order valence-corrected chi connectivity index (χ3v) is 4.99. The zero-order valence-electron chi connectivity index (χ0n) is 14.5. The fraction of sp³-hybridized carbons (Fsp3) is 0.333. The van der Waals surface area contributed by atoms with Gasteiger partial charge in [-0.25, -0.2) is 4.98 Å². The molecule has 0 spiro atoms.